The van der Waals surface area contributed by atoms with Crippen molar-refractivity contribution in [3.8, 4) is 28.7 Å². The fourth-order valence-electron chi connectivity index (χ4n) is 3.68. The number of hydrogen-bond donors (Lipinski definition) is 0. The molecule has 10 heteroatoms. The Morgan fingerprint density at radius 2 is 1.82 bits per heavy atom. The van der Waals surface area contributed by atoms with E-state index in [-0.39, 0.29) is 11.5 Å². The molecule has 3 aromatic heterocycles. The van der Waals surface area contributed by atoms with Crippen LogP contribution in [-0.2, 0) is 6.54 Å². The number of aryl methyl sites for hydroxylation is 1. The molecule has 0 saturated heterocycles. The van der Waals surface area contributed by atoms with Crippen molar-refractivity contribution < 1.29 is 23.4 Å². The molecule has 0 aliphatic rings. The molecule has 4 rings (SSSR count). The van der Waals surface area contributed by atoms with E-state index in [0.29, 0.717) is 39.5 Å². The van der Waals surface area contributed by atoms with Gasteiger partial charge in [-0.25, -0.2) is 0 Å². The van der Waals surface area contributed by atoms with E-state index in [2.05, 4.69) is 26.2 Å². The van der Waals surface area contributed by atoms with Crippen molar-refractivity contribution in [3.05, 3.63) is 57.5 Å². The first-order valence-corrected chi connectivity index (χ1v) is 12.3. The Kier molecular flexibility index (Phi) is 7.28. The van der Waals surface area contributed by atoms with Crippen LogP contribution in [0.25, 0.3) is 11.5 Å². The van der Waals surface area contributed by atoms with Crippen LogP contribution >= 0.6 is 23.1 Å². The van der Waals surface area contributed by atoms with Crippen LogP contribution in [0.2, 0.25) is 0 Å². The quantitative estimate of drug-likeness (QED) is 0.215. The van der Waals surface area contributed by atoms with E-state index < -0.39 is 0 Å². The Morgan fingerprint density at radius 3 is 2.44 bits per heavy atom. The second-order valence-electron chi connectivity index (χ2n) is 7.45. The van der Waals surface area contributed by atoms with E-state index >= 15 is 0 Å². The summed E-state index contributed by atoms with van der Waals surface area (Å²) in [5.74, 6) is 1.95. The predicted molar refractivity (Wildman–Crippen MR) is 132 cm³/mol. The molecule has 0 N–H and O–H groups in total. The van der Waals surface area contributed by atoms with E-state index in [9.17, 15) is 4.79 Å². The molecule has 0 amide bonds. The van der Waals surface area contributed by atoms with Gasteiger partial charge in [0.05, 0.1) is 33.6 Å². The third-order valence-corrected chi connectivity index (χ3v) is 7.09. The highest BCUT2D eigenvalue weighted by molar-refractivity contribution is 7.99. The topological polar surface area (TPSA) is 88.6 Å². The van der Waals surface area contributed by atoms with Gasteiger partial charge in [0, 0.05) is 27.4 Å². The summed E-state index contributed by atoms with van der Waals surface area (Å²) >= 11 is 2.92. The van der Waals surface area contributed by atoms with Crippen LogP contribution in [-0.4, -0.2) is 47.6 Å². The summed E-state index contributed by atoms with van der Waals surface area (Å²) < 4.78 is 24.1. The van der Waals surface area contributed by atoms with E-state index in [0.717, 1.165) is 17.9 Å². The number of ether oxygens (including phenoxy) is 3. The molecule has 0 fully saturated rings. The standard InChI is InChI=1S/C24H25N3O5S2/c1-14-9-18(15(2)27(14)12-17-7-6-8-33-17)19(28)13-34-24-26-25-23(32-24)16-10-20(29-3)22(31-5)21(11-16)30-4/h6-11H,12-13H2,1-5H3. The van der Waals surface area contributed by atoms with Crippen LogP contribution in [0, 0.1) is 13.8 Å². The third-order valence-electron chi connectivity index (χ3n) is 5.41. The smallest absolute Gasteiger partial charge is 0.277 e. The number of methoxy groups -OCH3 is 3. The fourth-order valence-corrected chi connectivity index (χ4v) is 5.02. The van der Waals surface area contributed by atoms with Crippen LogP contribution < -0.4 is 14.2 Å². The number of rotatable bonds is 10. The van der Waals surface area contributed by atoms with E-state index in [4.69, 9.17) is 18.6 Å². The molecule has 0 bridgehead atoms. The zero-order valence-corrected chi connectivity index (χ0v) is 21.2. The van der Waals surface area contributed by atoms with E-state index in [1.807, 2.05) is 26.0 Å². The van der Waals surface area contributed by atoms with Gasteiger partial charge in [0.25, 0.3) is 5.22 Å². The van der Waals surface area contributed by atoms with E-state index in [1.54, 1.807) is 37.7 Å². The average molecular weight is 500 g/mol. The maximum atomic E-state index is 13.0. The highest BCUT2D eigenvalue weighted by Crippen LogP contribution is 2.41. The summed E-state index contributed by atoms with van der Waals surface area (Å²) in [6.07, 6.45) is 0. The molecule has 0 saturated carbocycles. The van der Waals surface area contributed by atoms with Crippen LogP contribution in [0.4, 0.5) is 0 Å². The van der Waals surface area contributed by atoms with Crippen molar-refractivity contribution in [3.63, 3.8) is 0 Å². The molecule has 8 nitrogen and oxygen atoms in total. The number of thiophene rings is 1. The molecular formula is C24H25N3O5S2. The van der Waals surface area contributed by atoms with Gasteiger partial charge < -0.3 is 23.2 Å². The SMILES string of the molecule is COc1cc(-c2nnc(SCC(=O)c3cc(C)n(Cc4cccs4)c3C)o2)cc(OC)c1OC. The number of carbonyl (C=O) groups is 1. The summed E-state index contributed by atoms with van der Waals surface area (Å²) in [7, 11) is 4.62. The van der Waals surface area contributed by atoms with Crippen LogP contribution in [0.3, 0.4) is 0 Å². The molecule has 3 heterocycles. The number of benzene rings is 1. The van der Waals surface area contributed by atoms with Crippen molar-refractivity contribution in [2.24, 2.45) is 0 Å². The van der Waals surface area contributed by atoms with Crippen LogP contribution in [0.5, 0.6) is 17.2 Å². The number of hydrogen-bond acceptors (Lipinski definition) is 9. The lowest BCUT2D eigenvalue weighted by molar-refractivity contribution is 0.102. The molecule has 0 aliphatic carbocycles. The number of carbonyl (C=O) groups excluding carboxylic acids is 1. The van der Waals surface area contributed by atoms with Gasteiger partial charge in [0.1, 0.15) is 0 Å². The first kappa shape index (κ1) is 23.9. The van der Waals surface area contributed by atoms with Gasteiger partial charge in [0.15, 0.2) is 17.3 Å². The summed E-state index contributed by atoms with van der Waals surface area (Å²) in [4.78, 5) is 14.2. The van der Waals surface area contributed by atoms with Gasteiger partial charge in [-0.1, -0.05) is 17.8 Å². The molecular weight excluding hydrogens is 474 g/mol. The molecule has 178 valence electrons. The van der Waals surface area contributed by atoms with Gasteiger partial charge >= 0.3 is 0 Å². The number of thioether (sulfide) groups is 1. The summed E-state index contributed by atoms with van der Waals surface area (Å²) in [6.45, 7) is 4.76. The van der Waals surface area contributed by atoms with Crippen molar-refractivity contribution in [1.29, 1.82) is 0 Å². The highest BCUT2D eigenvalue weighted by atomic mass is 32.2. The molecule has 0 radical (unpaired) electrons. The van der Waals surface area contributed by atoms with Crippen LogP contribution in [0.15, 0.2) is 45.4 Å². The molecule has 0 unspecified atom stereocenters. The minimum absolute atomic E-state index is 0.0167. The van der Waals surface area contributed by atoms with Crippen molar-refractivity contribution in [2.75, 3.05) is 27.1 Å². The third kappa shape index (κ3) is 4.83. The van der Waals surface area contributed by atoms with Gasteiger partial charge in [-0.15, -0.1) is 21.5 Å². The Balaban J connectivity index is 1.47. The second kappa shape index (κ2) is 10.4. The van der Waals surface area contributed by atoms with Crippen molar-refractivity contribution in [1.82, 2.24) is 14.8 Å². The fraction of sp³-hybridized carbons (Fsp3) is 0.292. The summed E-state index contributed by atoms with van der Waals surface area (Å²) in [6, 6.07) is 9.55. The molecule has 0 spiro atoms. The van der Waals surface area contributed by atoms with Crippen LogP contribution in [0.1, 0.15) is 26.6 Å². The lowest BCUT2D eigenvalue weighted by Crippen LogP contribution is -2.07. The Morgan fingerprint density at radius 1 is 1.09 bits per heavy atom. The van der Waals surface area contributed by atoms with Crippen molar-refractivity contribution >= 4 is 28.9 Å². The molecule has 0 atom stereocenters. The van der Waals surface area contributed by atoms with Gasteiger partial charge in [0.2, 0.25) is 11.6 Å². The minimum Gasteiger partial charge on any atom is -0.493 e. The maximum Gasteiger partial charge on any atom is 0.277 e. The summed E-state index contributed by atoms with van der Waals surface area (Å²) in [5, 5.41) is 10.6. The first-order valence-electron chi connectivity index (χ1n) is 10.4. The molecule has 1 aromatic carbocycles. The maximum absolute atomic E-state index is 13.0. The van der Waals surface area contributed by atoms with Gasteiger partial charge in [-0.05, 0) is 43.5 Å². The highest BCUT2D eigenvalue weighted by Gasteiger charge is 2.20. The minimum atomic E-state index is 0.0167. The normalized spacial score (nSPS) is 11.0. The predicted octanol–water partition coefficient (Wildman–Crippen LogP) is 5.27. The Hall–Kier alpha value is -3.24. The second-order valence-corrected chi connectivity index (χ2v) is 9.41. The lowest BCUT2D eigenvalue weighted by Gasteiger charge is -2.12. The van der Waals surface area contributed by atoms with Gasteiger partial charge in [-0.2, -0.15) is 0 Å². The van der Waals surface area contributed by atoms with Gasteiger partial charge in [-0.3, -0.25) is 4.79 Å². The average Bonchev–Trinajstić information content (AvgIpc) is 3.59. The monoisotopic (exact) mass is 499 g/mol. The molecule has 0 aliphatic heterocycles. The Labute approximate surface area is 205 Å². The first-order chi connectivity index (χ1) is 16.4. The lowest BCUT2D eigenvalue weighted by atomic mass is 10.2. The zero-order valence-electron chi connectivity index (χ0n) is 19.6. The summed E-state index contributed by atoms with van der Waals surface area (Å²) in [5.41, 5.74) is 3.35. The Bertz CT molecular complexity index is 1270. The zero-order chi connectivity index (χ0) is 24.2. The number of aromatic nitrogens is 3. The molecule has 34 heavy (non-hydrogen) atoms. The molecule has 4 aromatic rings. The van der Waals surface area contributed by atoms with E-state index in [1.165, 1.54) is 23.7 Å². The van der Waals surface area contributed by atoms with Crippen molar-refractivity contribution in [2.45, 2.75) is 25.6 Å². The number of ketones is 1. The largest absolute Gasteiger partial charge is 0.493 e. The number of nitrogens with zero attached hydrogens (tertiary/aromatic N) is 3. The number of Topliss-reactive ketones (excluding diaryl/α,β-unsaturated/α-hetero) is 1.